The Morgan fingerprint density at radius 2 is 2.05 bits per heavy atom. The molecule has 0 radical (unpaired) electrons. The smallest absolute Gasteiger partial charge is 0.243 e. The fourth-order valence-electron chi connectivity index (χ4n) is 2.20. The number of amides is 3. The van der Waals surface area contributed by atoms with Gasteiger partial charge in [-0.25, -0.2) is 0 Å². The molecule has 20 heavy (non-hydrogen) atoms. The van der Waals surface area contributed by atoms with Crippen LogP contribution in [0.25, 0.3) is 0 Å². The minimum absolute atomic E-state index is 0.123. The Hall–Kier alpha value is -1.69. The summed E-state index contributed by atoms with van der Waals surface area (Å²) in [6, 6.07) is 1.98. The molecule has 1 aromatic heterocycles. The van der Waals surface area contributed by atoms with E-state index < -0.39 is 0 Å². The van der Waals surface area contributed by atoms with Crippen LogP contribution in [0.4, 0.5) is 0 Å². The highest BCUT2D eigenvalue weighted by Crippen LogP contribution is 2.14. The molecule has 5 nitrogen and oxygen atoms in total. The van der Waals surface area contributed by atoms with E-state index in [0.717, 1.165) is 16.9 Å². The van der Waals surface area contributed by atoms with Gasteiger partial charge >= 0.3 is 0 Å². The molecule has 108 valence electrons. The van der Waals surface area contributed by atoms with Gasteiger partial charge in [-0.1, -0.05) is 6.92 Å². The van der Waals surface area contributed by atoms with Crippen molar-refractivity contribution in [2.45, 2.75) is 32.7 Å². The first kappa shape index (κ1) is 14.7. The monoisotopic (exact) mass is 294 g/mol. The van der Waals surface area contributed by atoms with Crippen LogP contribution in [-0.2, 0) is 20.9 Å². The standard InChI is InChI=1S/C14H18N2O3S/c1-2-6-15(8-11-5-7-20-10-11)14(19)9-16-12(17)3-4-13(16)18/h5,7,10H,2-4,6,8-9H2,1H3. The Labute approximate surface area is 122 Å². The molecule has 3 amide bonds. The van der Waals surface area contributed by atoms with Gasteiger partial charge in [0.05, 0.1) is 0 Å². The number of hydrogen-bond donors (Lipinski definition) is 0. The minimum atomic E-state index is -0.240. The van der Waals surface area contributed by atoms with Crippen LogP contribution in [0.15, 0.2) is 16.8 Å². The molecule has 2 rings (SSSR count). The van der Waals surface area contributed by atoms with Crippen molar-refractivity contribution in [3.8, 4) is 0 Å². The van der Waals surface area contributed by atoms with E-state index in [4.69, 9.17) is 0 Å². The van der Waals surface area contributed by atoms with Crippen molar-refractivity contribution in [3.05, 3.63) is 22.4 Å². The van der Waals surface area contributed by atoms with Gasteiger partial charge in [0.1, 0.15) is 6.54 Å². The summed E-state index contributed by atoms with van der Waals surface area (Å²) in [7, 11) is 0. The molecule has 1 aliphatic rings. The van der Waals surface area contributed by atoms with Crippen molar-refractivity contribution in [1.82, 2.24) is 9.80 Å². The van der Waals surface area contributed by atoms with Crippen molar-refractivity contribution in [1.29, 1.82) is 0 Å². The number of thiophene rings is 1. The van der Waals surface area contributed by atoms with Crippen LogP contribution in [0, 0.1) is 0 Å². The van der Waals surface area contributed by atoms with E-state index in [1.54, 1.807) is 16.2 Å². The molecule has 0 unspecified atom stereocenters. The average molecular weight is 294 g/mol. The van der Waals surface area contributed by atoms with Crippen molar-refractivity contribution >= 4 is 29.1 Å². The van der Waals surface area contributed by atoms with Crippen molar-refractivity contribution in [3.63, 3.8) is 0 Å². The fourth-order valence-corrected chi connectivity index (χ4v) is 2.86. The lowest BCUT2D eigenvalue weighted by Gasteiger charge is -2.24. The first-order valence-corrected chi connectivity index (χ1v) is 7.68. The van der Waals surface area contributed by atoms with E-state index in [0.29, 0.717) is 13.1 Å². The van der Waals surface area contributed by atoms with Crippen LogP contribution in [0.3, 0.4) is 0 Å². The number of carbonyl (C=O) groups excluding carboxylic acids is 3. The molecule has 0 atom stereocenters. The molecule has 0 spiro atoms. The summed E-state index contributed by atoms with van der Waals surface area (Å²) in [6.07, 6.45) is 1.30. The maximum absolute atomic E-state index is 12.3. The van der Waals surface area contributed by atoms with E-state index in [9.17, 15) is 14.4 Å². The molecule has 0 aliphatic carbocycles. The number of hydrogen-bond acceptors (Lipinski definition) is 4. The van der Waals surface area contributed by atoms with E-state index in [1.807, 2.05) is 23.8 Å². The highest BCUT2D eigenvalue weighted by molar-refractivity contribution is 7.07. The van der Waals surface area contributed by atoms with Crippen LogP contribution in [0.5, 0.6) is 0 Å². The van der Waals surface area contributed by atoms with Gasteiger partial charge in [-0.3, -0.25) is 19.3 Å². The third-order valence-electron chi connectivity index (χ3n) is 3.25. The van der Waals surface area contributed by atoms with Crippen LogP contribution >= 0.6 is 11.3 Å². The van der Waals surface area contributed by atoms with Gasteiger partial charge in [0, 0.05) is 25.9 Å². The highest BCUT2D eigenvalue weighted by atomic mass is 32.1. The molecule has 0 saturated carbocycles. The van der Waals surface area contributed by atoms with E-state index in [2.05, 4.69) is 0 Å². The van der Waals surface area contributed by atoms with E-state index in [-0.39, 0.29) is 37.1 Å². The number of rotatable bonds is 6. The van der Waals surface area contributed by atoms with Crippen molar-refractivity contribution < 1.29 is 14.4 Å². The maximum Gasteiger partial charge on any atom is 0.243 e. The molecule has 1 aliphatic heterocycles. The maximum atomic E-state index is 12.3. The molecule has 0 N–H and O–H groups in total. The summed E-state index contributed by atoms with van der Waals surface area (Å²) in [5.74, 6) is -0.646. The number of likely N-dealkylation sites (tertiary alicyclic amines) is 1. The Bertz CT molecular complexity index is 483. The third kappa shape index (κ3) is 3.45. The number of imide groups is 1. The van der Waals surface area contributed by atoms with Gasteiger partial charge in [-0.15, -0.1) is 0 Å². The van der Waals surface area contributed by atoms with Crippen LogP contribution in [-0.4, -0.2) is 40.6 Å². The molecular formula is C14H18N2O3S. The molecular weight excluding hydrogens is 276 g/mol. The van der Waals surface area contributed by atoms with Crippen LogP contribution in [0.2, 0.25) is 0 Å². The predicted octanol–water partition coefficient (Wildman–Crippen LogP) is 1.64. The molecule has 6 heteroatoms. The summed E-state index contributed by atoms with van der Waals surface area (Å²) >= 11 is 1.59. The molecule has 2 heterocycles. The molecule has 1 saturated heterocycles. The van der Waals surface area contributed by atoms with Gasteiger partial charge in [-0.05, 0) is 28.8 Å². The largest absolute Gasteiger partial charge is 0.337 e. The van der Waals surface area contributed by atoms with Crippen molar-refractivity contribution in [2.24, 2.45) is 0 Å². The Balaban J connectivity index is 1.99. The SMILES string of the molecule is CCCN(Cc1ccsc1)C(=O)CN1C(=O)CCC1=O. The quantitative estimate of drug-likeness (QED) is 0.749. The number of nitrogens with zero attached hydrogens (tertiary/aromatic N) is 2. The molecule has 0 bridgehead atoms. The highest BCUT2D eigenvalue weighted by Gasteiger charge is 2.31. The topological polar surface area (TPSA) is 57.7 Å². The summed E-state index contributed by atoms with van der Waals surface area (Å²) < 4.78 is 0. The van der Waals surface area contributed by atoms with Gasteiger partial charge in [0.15, 0.2) is 0 Å². The second kappa shape index (κ2) is 6.65. The summed E-state index contributed by atoms with van der Waals surface area (Å²) in [4.78, 5) is 38.2. The zero-order chi connectivity index (χ0) is 14.5. The second-order valence-corrected chi connectivity index (χ2v) is 5.60. The summed E-state index contributed by atoms with van der Waals surface area (Å²) in [5.41, 5.74) is 1.08. The average Bonchev–Trinajstić information content (AvgIpc) is 3.03. The lowest BCUT2D eigenvalue weighted by atomic mass is 10.3. The molecule has 1 fully saturated rings. The van der Waals surface area contributed by atoms with Crippen LogP contribution in [0.1, 0.15) is 31.7 Å². The zero-order valence-corrected chi connectivity index (χ0v) is 12.3. The minimum Gasteiger partial charge on any atom is -0.337 e. The second-order valence-electron chi connectivity index (χ2n) is 4.82. The normalized spacial score (nSPS) is 14.9. The summed E-state index contributed by atoms with van der Waals surface area (Å²) in [5, 5.41) is 3.97. The van der Waals surface area contributed by atoms with Gasteiger partial charge in [0.2, 0.25) is 17.7 Å². The van der Waals surface area contributed by atoms with Gasteiger partial charge in [-0.2, -0.15) is 11.3 Å². The fraction of sp³-hybridized carbons (Fsp3) is 0.500. The molecule has 1 aromatic rings. The lowest BCUT2D eigenvalue weighted by molar-refractivity contribution is -0.145. The molecule has 0 aromatic carbocycles. The van der Waals surface area contributed by atoms with E-state index in [1.165, 1.54) is 0 Å². The van der Waals surface area contributed by atoms with Gasteiger partial charge in [0.25, 0.3) is 0 Å². The van der Waals surface area contributed by atoms with Gasteiger partial charge < -0.3 is 4.90 Å². The Morgan fingerprint density at radius 1 is 1.35 bits per heavy atom. The van der Waals surface area contributed by atoms with E-state index >= 15 is 0 Å². The summed E-state index contributed by atoms with van der Waals surface area (Å²) in [6.45, 7) is 3.04. The Kier molecular flexibility index (Phi) is 4.89. The third-order valence-corrected chi connectivity index (χ3v) is 3.98. The predicted molar refractivity (Wildman–Crippen MR) is 76.0 cm³/mol. The zero-order valence-electron chi connectivity index (χ0n) is 11.5. The number of carbonyl (C=O) groups is 3. The lowest BCUT2D eigenvalue weighted by Crippen LogP contribution is -2.42. The first-order valence-electron chi connectivity index (χ1n) is 6.74. The first-order chi connectivity index (χ1) is 9.61. The van der Waals surface area contributed by atoms with Crippen LogP contribution < -0.4 is 0 Å². The van der Waals surface area contributed by atoms with Crippen molar-refractivity contribution in [2.75, 3.05) is 13.1 Å². The Morgan fingerprint density at radius 3 is 2.60 bits per heavy atom.